The molecule has 0 amide bonds. The van der Waals surface area contributed by atoms with Crippen molar-refractivity contribution in [2.75, 3.05) is 11.9 Å². The van der Waals surface area contributed by atoms with Crippen LogP contribution in [0.2, 0.25) is 5.02 Å². The molecule has 0 saturated carbocycles. The summed E-state index contributed by atoms with van der Waals surface area (Å²) in [4.78, 5) is 4.71. The maximum Gasteiger partial charge on any atom is 0.165 e. The van der Waals surface area contributed by atoms with Gasteiger partial charge in [-0.15, -0.1) is 0 Å². The molecular formula is C18H21ClN4. The van der Waals surface area contributed by atoms with Crippen molar-refractivity contribution in [3.63, 3.8) is 0 Å². The van der Waals surface area contributed by atoms with Crippen LogP contribution in [0.3, 0.4) is 0 Å². The first-order valence-corrected chi connectivity index (χ1v) is 8.50. The largest absolute Gasteiger partial charge is 0.370 e. The van der Waals surface area contributed by atoms with E-state index >= 15 is 0 Å². The maximum absolute atomic E-state index is 6.09. The highest BCUT2D eigenvalue weighted by molar-refractivity contribution is 6.30. The van der Waals surface area contributed by atoms with Crippen LogP contribution in [0.15, 0.2) is 42.7 Å². The van der Waals surface area contributed by atoms with E-state index in [1.807, 2.05) is 42.7 Å². The zero-order valence-corrected chi connectivity index (χ0v) is 14.1. The Morgan fingerprint density at radius 3 is 2.91 bits per heavy atom. The van der Waals surface area contributed by atoms with E-state index in [9.17, 15) is 0 Å². The Kier molecular flexibility index (Phi) is 5.13. The number of hydrogen-bond donors (Lipinski definition) is 1. The number of nitrogens with one attached hydrogen (secondary N) is 1. The third-order valence-electron chi connectivity index (χ3n) is 3.84. The lowest BCUT2D eigenvalue weighted by Crippen LogP contribution is -2.04. The van der Waals surface area contributed by atoms with Gasteiger partial charge in [-0.3, -0.25) is 0 Å². The highest BCUT2D eigenvalue weighted by Crippen LogP contribution is 2.26. The van der Waals surface area contributed by atoms with E-state index in [4.69, 9.17) is 16.6 Å². The smallest absolute Gasteiger partial charge is 0.165 e. The Bertz CT molecular complexity index is 782. The van der Waals surface area contributed by atoms with Crippen LogP contribution in [0.25, 0.3) is 16.8 Å². The van der Waals surface area contributed by atoms with Crippen molar-refractivity contribution in [2.45, 2.75) is 32.6 Å². The van der Waals surface area contributed by atoms with Crippen molar-refractivity contribution < 1.29 is 0 Å². The molecule has 0 aliphatic carbocycles. The molecule has 0 fully saturated rings. The molecule has 23 heavy (non-hydrogen) atoms. The molecule has 4 nitrogen and oxygen atoms in total. The predicted octanol–water partition coefficient (Wildman–Crippen LogP) is 5.04. The van der Waals surface area contributed by atoms with Crippen molar-refractivity contribution in [3.05, 3.63) is 47.7 Å². The molecule has 3 aromatic rings. The summed E-state index contributed by atoms with van der Waals surface area (Å²) < 4.78 is 1.79. The topological polar surface area (TPSA) is 42.2 Å². The van der Waals surface area contributed by atoms with Gasteiger partial charge in [0.15, 0.2) is 5.65 Å². The summed E-state index contributed by atoms with van der Waals surface area (Å²) in [5.74, 6) is 0.887. The average Bonchev–Trinajstić information content (AvgIpc) is 2.98. The molecule has 2 aromatic heterocycles. The number of fused-ring (bicyclic) bond motifs is 1. The normalized spacial score (nSPS) is 11.0. The van der Waals surface area contributed by atoms with Crippen LogP contribution in [0.4, 0.5) is 5.82 Å². The molecule has 1 aromatic carbocycles. The minimum absolute atomic E-state index is 0.715. The van der Waals surface area contributed by atoms with E-state index in [0.29, 0.717) is 5.02 Å². The number of anilines is 1. The number of aromatic nitrogens is 3. The molecule has 5 heteroatoms. The summed E-state index contributed by atoms with van der Waals surface area (Å²) >= 11 is 6.09. The van der Waals surface area contributed by atoms with Gasteiger partial charge in [0.05, 0.1) is 6.20 Å². The Balaban J connectivity index is 1.80. The second kappa shape index (κ2) is 7.47. The van der Waals surface area contributed by atoms with E-state index in [0.717, 1.165) is 29.1 Å². The molecule has 120 valence electrons. The van der Waals surface area contributed by atoms with Crippen LogP contribution in [0.5, 0.6) is 0 Å². The summed E-state index contributed by atoms with van der Waals surface area (Å²) in [5, 5.41) is 8.48. The van der Waals surface area contributed by atoms with Gasteiger partial charge in [-0.25, -0.2) is 9.50 Å². The quantitative estimate of drug-likeness (QED) is 0.618. The Labute approximate surface area is 141 Å². The van der Waals surface area contributed by atoms with Crippen LogP contribution < -0.4 is 5.32 Å². The van der Waals surface area contributed by atoms with E-state index in [1.54, 1.807) is 4.52 Å². The molecule has 0 aliphatic heterocycles. The van der Waals surface area contributed by atoms with E-state index in [2.05, 4.69) is 17.3 Å². The number of nitrogens with zero attached hydrogens (tertiary/aromatic N) is 3. The number of benzene rings is 1. The van der Waals surface area contributed by atoms with Crippen molar-refractivity contribution >= 4 is 23.1 Å². The first kappa shape index (κ1) is 15.8. The van der Waals surface area contributed by atoms with Crippen LogP contribution >= 0.6 is 11.6 Å². The van der Waals surface area contributed by atoms with Gasteiger partial charge in [0.1, 0.15) is 5.82 Å². The highest BCUT2D eigenvalue weighted by Gasteiger charge is 2.09. The zero-order valence-electron chi connectivity index (χ0n) is 13.3. The van der Waals surface area contributed by atoms with E-state index in [-0.39, 0.29) is 0 Å². The fourth-order valence-electron chi connectivity index (χ4n) is 2.60. The van der Waals surface area contributed by atoms with Gasteiger partial charge in [0.2, 0.25) is 0 Å². The molecule has 1 N–H and O–H groups in total. The van der Waals surface area contributed by atoms with Gasteiger partial charge in [0.25, 0.3) is 0 Å². The SMILES string of the molecule is CCCCCCNc1ccn2ncc(-c3cccc(Cl)c3)c2n1. The summed E-state index contributed by atoms with van der Waals surface area (Å²) in [6.45, 7) is 3.17. The molecule has 0 spiro atoms. The molecule has 3 rings (SSSR count). The average molecular weight is 329 g/mol. The van der Waals surface area contributed by atoms with Gasteiger partial charge in [-0.1, -0.05) is 49.9 Å². The molecule has 0 saturated heterocycles. The third-order valence-corrected chi connectivity index (χ3v) is 4.08. The van der Waals surface area contributed by atoms with Crippen LogP contribution in [-0.4, -0.2) is 21.1 Å². The third kappa shape index (κ3) is 3.82. The summed E-state index contributed by atoms with van der Waals surface area (Å²) in [6, 6.07) is 9.73. The summed E-state index contributed by atoms with van der Waals surface area (Å²) in [6.07, 6.45) is 8.73. The molecule has 0 radical (unpaired) electrons. The molecule has 0 bridgehead atoms. The minimum atomic E-state index is 0.715. The highest BCUT2D eigenvalue weighted by atomic mass is 35.5. The lowest BCUT2D eigenvalue weighted by molar-refractivity contribution is 0.684. The number of unbranched alkanes of at least 4 members (excludes halogenated alkanes) is 3. The lowest BCUT2D eigenvalue weighted by Gasteiger charge is -2.06. The van der Waals surface area contributed by atoms with Gasteiger partial charge in [0, 0.05) is 23.3 Å². The molecule has 0 unspecified atom stereocenters. The molecule has 0 atom stereocenters. The predicted molar refractivity (Wildman–Crippen MR) is 96.1 cm³/mol. The first-order chi connectivity index (χ1) is 11.3. The standard InChI is InChI=1S/C18H21ClN4/c1-2-3-4-5-10-20-17-9-11-23-18(22-17)16(13-21-23)14-7-6-8-15(19)12-14/h6-9,11-13H,2-5,10H2,1H3,(H,20,22). The monoisotopic (exact) mass is 328 g/mol. The fraction of sp³-hybridized carbons (Fsp3) is 0.333. The van der Waals surface area contributed by atoms with Crippen LogP contribution in [0, 0.1) is 0 Å². The van der Waals surface area contributed by atoms with Crippen molar-refractivity contribution in [1.82, 2.24) is 14.6 Å². The number of rotatable bonds is 7. The Morgan fingerprint density at radius 2 is 2.09 bits per heavy atom. The van der Waals surface area contributed by atoms with Crippen LogP contribution in [0.1, 0.15) is 32.6 Å². The molecule has 2 heterocycles. The van der Waals surface area contributed by atoms with Crippen molar-refractivity contribution in [3.8, 4) is 11.1 Å². The van der Waals surface area contributed by atoms with Crippen molar-refractivity contribution in [1.29, 1.82) is 0 Å². The first-order valence-electron chi connectivity index (χ1n) is 8.12. The maximum atomic E-state index is 6.09. The molecule has 0 aliphatic rings. The van der Waals surface area contributed by atoms with E-state index in [1.165, 1.54) is 25.7 Å². The summed E-state index contributed by atoms with van der Waals surface area (Å²) in [5.41, 5.74) is 2.85. The van der Waals surface area contributed by atoms with Gasteiger partial charge in [-0.2, -0.15) is 5.10 Å². The summed E-state index contributed by atoms with van der Waals surface area (Å²) in [7, 11) is 0. The van der Waals surface area contributed by atoms with Gasteiger partial charge >= 0.3 is 0 Å². The fourth-order valence-corrected chi connectivity index (χ4v) is 2.79. The van der Waals surface area contributed by atoms with Crippen LogP contribution in [-0.2, 0) is 0 Å². The second-order valence-corrected chi connectivity index (χ2v) is 6.07. The Morgan fingerprint density at radius 1 is 1.17 bits per heavy atom. The van der Waals surface area contributed by atoms with E-state index < -0.39 is 0 Å². The van der Waals surface area contributed by atoms with Gasteiger partial charge in [-0.05, 0) is 30.2 Å². The number of hydrogen-bond acceptors (Lipinski definition) is 3. The minimum Gasteiger partial charge on any atom is -0.370 e. The van der Waals surface area contributed by atoms with Gasteiger partial charge < -0.3 is 5.32 Å². The second-order valence-electron chi connectivity index (χ2n) is 5.64. The van der Waals surface area contributed by atoms with Crippen molar-refractivity contribution in [2.24, 2.45) is 0 Å². The lowest BCUT2D eigenvalue weighted by atomic mass is 10.1. The molecular weight excluding hydrogens is 308 g/mol. The zero-order chi connectivity index (χ0) is 16.1. The Hall–Kier alpha value is -2.07. The number of halogens is 1.